The summed E-state index contributed by atoms with van der Waals surface area (Å²) in [6, 6.07) is -2.18. The van der Waals surface area contributed by atoms with Crippen molar-refractivity contribution in [3.8, 4) is 0 Å². The van der Waals surface area contributed by atoms with E-state index in [-0.39, 0.29) is 5.75 Å². The number of carboxylic acids is 3. The van der Waals surface area contributed by atoms with Crippen LogP contribution in [0.2, 0.25) is 0 Å². The summed E-state index contributed by atoms with van der Waals surface area (Å²) < 4.78 is 0. The number of hydrogen-bond acceptors (Lipinski definition) is 9. The van der Waals surface area contributed by atoms with Gasteiger partial charge in [0.25, 0.3) is 0 Å². The molecule has 0 spiro atoms. The minimum atomic E-state index is -1.00. The summed E-state index contributed by atoms with van der Waals surface area (Å²) in [5, 5.41) is 24.6. The van der Waals surface area contributed by atoms with E-state index in [0.717, 1.165) is 11.5 Å². The SMILES string of the molecule is CSCCC(N)C(=O)O.CSCCC(N)C(=O)O.NC(CS)C(=O)O. The van der Waals surface area contributed by atoms with Gasteiger partial charge in [-0.2, -0.15) is 36.2 Å². The van der Waals surface area contributed by atoms with E-state index < -0.39 is 36.0 Å². The van der Waals surface area contributed by atoms with Crippen LogP contribution in [-0.2, 0) is 14.4 Å². The molecule has 150 valence electrons. The molecule has 25 heavy (non-hydrogen) atoms. The molecule has 9 N–H and O–H groups in total. The van der Waals surface area contributed by atoms with Gasteiger partial charge in [0.05, 0.1) is 0 Å². The number of thioether (sulfide) groups is 2. The molecule has 0 aromatic heterocycles. The number of thiol groups is 1. The van der Waals surface area contributed by atoms with Gasteiger partial charge in [0.15, 0.2) is 0 Å². The maximum absolute atomic E-state index is 10.1. The molecule has 0 rings (SSSR count). The summed E-state index contributed by atoms with van der Waals surface area (Å²) in [4.78, 5) is 29.9. The molecule has 0 saturated heterocycles. The maximum Gasteiger partial charge on any atom is 0.321 e. The third kappa shape index (κ3) is 23.3. The third-order valence-electron chi connectivity index (χ3n) is 2.41. The number of nitrogens with two attached hydrogens (primary N) is 3. The van der Waals surface area contributed by atoms with Gasteiger partial charge in [0.2, 0.25) is 0 Å². The van der Waals surface area contributed by atoms with Crippen molar-refractivity contribution in [1.29, 1.82) is 0 Å². The third-order valence-corrected chi connectivity index (χ3v) is 4.10. The van der Waals surface area contributed by atoms with Crippen LogP contribution in [0.3, 0.4) is 0 Å². The zero-order valence-electron chi connectivity index (χ0n) is 14.3. The number of rotatable bonds is 10. The predicted octanol–water partition coefficient (Wildman–Crippen LogP) is -0.369. The smallest absolute Gasteiger partial charge is 0.321 e. The van der Waals surface area contributed by atoms with E-state index in [4.69, 9.17) is 32.5 Å². The maximum atomic E-state index is 10.1. The van der Waals surface area contributed by atoms with Crippen LogP contribution in [0.15, 0.2) is 0 Å². The van der Waals surface area contributed by atoms with E-state index in [0.29, 0.717) is 12.8 Å². The van der Waals surface area contributed by atoms with E-state index in [1.165, 1.54) is 0 Å². The molecule has 0 heterocycles. The van der Waals surface area contributed by atoms with Gasteiger partial charge in [0.1, 0.15) is 18.1 Å². The van der Waals surface area contributed by atoms with Gasteiger partial charge in [-0.25, -0.2) is 0 Å². The Kier molecular flexibility index (Phi) is 22.9. The minimum Gasteiger partial charge on any atom is -0.480 e. The molecule has 0 aromatic carbocycles. The number of aliphatic carboxylic acids is 3. The second kappa shape index (κ2) is 19.7. The molecule has 12 heteroatoms. The first-order chi connectivity index (χ1) is 11.5. The average molecular weight is 420 g/mol. The topological polar surface area (TPSA) is 190 Å². The van der Waals surface area contributed by atoms with E-state index in [1.54, 1.807) is 23.5 Å². The van der Waals surface area contributed by atoms with Crippen molar-refractivity contribution < 1.29 is 29.7 Å². The molecule has 0 aliphatic rings. The van der Waals surface area contributed by atoms with Gasteiger partial charge >= 0.3 is 17.9 Å². The fraction of sp³-hybridized carbons (Fsp3) is 0.769. The first kappa shape index (κ1) is 29.1. The Hall–Kier alpha value is -0.660. The van der Waals surface area contributed by atoms with Crippen molar-refractivity contribution in [2.45, 2.75) is 31.0 Å². The highest BCUT2D eigenvalue weighted by Gasteiger charge is 2.09. The Morgan fingerprint density at radius 1 is 0.800 bits per heavy atom. The molecule has 0 fully saturated rings. The van der Waals surface area contributed by atoms with Crippen molar-refractivity contribution in [2.24, 2.45) is 17.2 Å². The van der Waals surface area contributed by atoms with Crippen molar-refractivity contribution >= 4 is 54.1 Å². The first-order valence-electron chi connectivity index (χ1n) is 7.08. The Morgan fingerprint density at radius 3 is 1.20 bits per heavy atom. The number of carbonyl (C=O) groups is 3. The van der Waals surface area contributed by atoms with Crippen LogP contribution in [0.25, 0.3) is 0 Å². The zero-order chi connectivity index (χ0) is 20.4. The van der Waals surface area contributed by atoms with Gasteiger partial charge in [-0.05, 0) is 36.9 Å². The number of carboxylic acid groups (broad SMARTS) is 3. The van der Waals surface area contributed by atoms with E-state index in [9.17, 15) is 14.4 Å². The number of hydrogen-bond donors (Lipinski definition) is 7. The molecule has 0 radical (unpaired) electrons. The molecule has 0 bridgehead atoms. The van der Waals surface area contributed by atoms with Crippen LogP contribution in [0.1, 0.15) is 12.8 Å². The van der Waals surface area contributed by atoms with Gasteiger partial charge in [-0.1, -0.05) is 0 Å². The second-order valence-electron chi connectivity index (χ2n) is 4.58. The summed E-state index contributed by atoms with van der Waals surface area (Å²) in [5.41, 5.74) is 15.3. The fourth-order valence-electron chi connectivity index (χ4n) is 0.815. The van der Waals surface area contributed by atoms with Crippen LogP contribution in [0, 0.1) is 0 Å². The average Bonchev–Trinajstić information content (AvgIpc) is 2.57. The Balaban J connectivity index is -0.000000293. The molecule has 3 atom stereocenters. The molecular formula is C13H29N3O6S3. The normalized spacial score (nSPS) is 13.2. The van der Waals surface area contributed by atoms with Gasteiger partial charge in [-0.3, -0.25) is 14.4 Å². The highest BCUT2D eigenvalue weighted by molar-refractivity contribution is 7.98. The van der Waals surface area contributed by atoms with Crippen molar-refractivity contribution in [1.82, 2.24) is 0 Å². The highest BCUT2D eigenvalue weighted by atomic mass is 32.2. The van der Waals surface area contributed by atoms with Crippen LogP contribution >= 0.6 is 36.2 Å². The fourth-order valence-corrected chi connectivity index (χ4v) is 1.95. The van der Waals surface area contributed by atoms with E-state index in [1.807, 2.05) is 12.5 Å². The monoisotopic (exact) mass is 419 g/mol. The lowest BCUT2D eigenvalue weighted by molar-refractivity contribution is -0.139. The summed E-state index contributed by atoms with van der Waals surface area (Å²) in [6.45, 7) is 0. The van der Waals surface area contributed by atoms with Crippen molar-refractivity contribution in [3.05, 3.63) is 0 Å². The van der Waals surface area contributed by atoms with Crippen LogP contribution in [0.4, 0.5) is 0 Å². The molecule has 0 amide bonds. The second-order valence-corrected chi connectivity index (χ2v) is 6.92. The predicted molar refractivity (Wildman–Crippen MR) is 107 cm³/mol. The first-order valence-corrected chi connectivity index (χ1v) is 10.5. The summed E-state index contributed by atoms with van der Waals surface area (Å²) in [6.07, 6.45) is 4.95. The molecule has 0 saturated carbocycles. The Morgan fingerprint density at radius 2 is 1.08 bits per heavy atom. The van der Waals surface area contributed by atoms with Crippen LogP contribution < -0.4 is 17.2 Å². The molecule has 9 nitrogen and oxygen atoms in total. The van der Waals surface area contributed by atoms with Gasteiger partial charge < -0.3 is 32.5 Å². The summed E-state index contributed by atoms with van der Waals surface area (Å²) in [5.74, 6) is -1.01. The van der Waals surface area contributed by atoms with Gasteiger partial charge in [-0.15, -0.1) is 0 Å². The largest absolute Gasteiger partial charge is 0.480 e. The zero-order valence-corrected chi connectivity index (χ0v) is 16.9. The van der Waals surface area contributed by atoms with Crippen molar-refractivity contribution in [3.63, 3.8) is 0 Å². The van der Waals surface area contributed by atoms with E-state index in [2.05, 4.69) is 12.6 Å². The minimum absolute atomic E-state index is 0.190. The summed E-state index contributed by atoms with van der Waals surface area (Å²) in [7, 11) is 0. The van der Waals surface area contributed by atoms with Gasteiger partial charge in [0, 0.05) is 5.75 Å². The lowest BCUT2D eigenvalue weighted by Gasteiger charge is -2.02. The standard InChI is InChI=1S/2C5H11NO2S.C3H7NO2S/c2*1-9-3-2-4(6)5(7)8;4-2(1-7)3(5)6/h2*4H,2-3,6H2,1H3,(H,7,8);2,7H,1,4H2,(H,5,6). The Bertz CT molecular complexity index is 353. The summed E-state index contributed by atoms with van der Waals surface area (Å²) >= 11 is 6.86. The Labute approximate surface area is 161 Å². The lowest BCUT2D eigenvalue weighted by Crippen LogP contribution is -2.31. The van der Waals surface area contributed by atoms with Crippen molar-refractivity contribution in [2.75, 3.05) is 29.8 Å². The van der Waals surface area contributed by atoms with Crippen LogP contribution in [0.5, 0.6) is 0 Å². The molecule has 0 aliphatic carbocycles. The quantitative estimate of drug-likeness (QED) is 0.229. The molecule has 3 unspecified atom stereocenters. The van der Waals surface area contributed by atoms with E-state index >= 15 is 0 Å². The molecule has 0 aromatic rings. The van der Waals surface area contributed by atoms with Crippen LogP contribution in [-0.4, -0.2) is 81.1 Å². The lowest BCUT2D eigenvalue weighted by atomic mass is 10.2. The molecule has 0 aliphatic heterocycles. The highest BCUT2D eigenvalue weighted by Crippen LogP contribution is 1.98. The molecular weight excluding hydrogens is 390 g/mol.